The topological polar surface area (TPSA) is 80.1 Å². The lowest BCUT2D eigenvalue weighted by molar-refractivity contribution is -0.118. The molecule has 0 saturated carbocycles. The molecule has 2 aromatic rings. The summed E-state index contributed by atoms with van der Waals surface area (Å²) in [6, 6.07) is 5.58. The molecule has 1 aromatic heterocycles. The van der Waals surface area contributed by atoms with Crippen LogP contribution in [0.15, 0.2) is 29.0 Å². The molecule has 1 saturated heterocycles. The average Bonchev–Trinajstić information content (AvgIpc) is 3.04. The van der Waals surface area contributed by atoms with E-state index in [-0.39, 0.29) is 11.9 Å². The van der Waals surface area contributed by atoms with E-state index in [1.807, 2.05) is 25.1 Å². The first-order chi connectivity index (χ1) is 10.2. The maximum absolute atomic E-state index is 12.2. The van der Waals surface area contributed by atoms with Crippen LogP contribution >= 0.6 is 0 Å². The third-order valence-corrected chi connectivity index (χ3v) is 3.72. The van der Waals surface area contributed by atoms with Gasteiger partial charge in [-0.15, -0.1) is 10.2 Å². The van der Waals surface area contributed by atoms with Gasteiger partial charge in [-0.3, -0.25) is 4.79 Å². The van der Waals surface area contributed by atoms with Crippen LogP contribution < -0.4 is 10.6 Å². The average molecular weight is 286 g/mol. The Morgan fingerprint density at radius 2 is 2.33 bits per heavy atom. The molecule has 0 bridgehead atoms. The van der Waals surface area contributed by atoms with Crippen LogP contribution in [0.25, 0.3) is 11.5 Å². The second-order valence-electron chi connectivity index (χ2n) is 5.27. The quantitative estimate of drug-likeness (QED) is 0.903. The molecule has 1 aliphatic rings. The molecule has 0 aliphatic carbocycles. The third kappa shape index (κ3) is 3.11. The fourth-order valence-electron chi connectivity index (χ4n) is 2.53. The number of aryl methyl sites for hydroxylation is 1. The Morgan fingerprint density at radius 3 is 3.00 bits per heavy atom. The number of nitrogens with one attached hydrogen (secondary N) is 2. The molecule has 1 fully saturated rings. The van der Waals surface area contributed by atoms with Gasteiger partial charge < -0.3 is 15.1 Å². The number of carbonyl (C=O) groups is 1. The van der Waals surface area contributed by atoms with Gasteiger partial charge in [-0.25, -0.2) is 0 Å². The molecule has 6 heteroatoms. The maximum atomic E-state index is 12.2. The lowest BCUT2D eigenvalue weighted by Gasteiger charge is -2.23. The zero-order chi connectivity index (χ0) is 14.7. The fraction of sp³-hybridized carbons (Fsp3) is 0.400. The molecule has 110 valence electrons. The highest BCUT2D eigenvalue weighted by atomic mass is 16.4. The molecule has 1 atom stereocenters. The van der Waals surface area contributed by atoms with Crippen molar-refractivity contribution in [3.8, 4) is 11.5 Å². The van der Waals surface area contributed by atoms with E-state index in [1.165, 1.54) is 6.39 Å². The fourth-order valence-corrected chi connectivity index (χ4v) is 2.53. The summed E-state index contributed by atoms with van der Waals surface area (Å²) in [6.45, 7) is 2.86. The number of anilines is 1. The SMILES string of the molecule is Cc1cc(-c2nnco2)ccc1NC(=O)[C@@H]1CCCCN1. The molecule has 2 N–H and O–H groups in total. The summed E-state index contributed by atoms with van der Waals surface area (Å²) >= 11 is 0. The van der Waals surface area contributed by atoms with Gasteiger partial charge >= 0.3 is 0 Å². The number of piperidine rings is 1. The van der Waals surface area contributed by atoms with E-state index in [2.05, 4.69) is 20.8 Å². The van der Waals surface area contributed by atoms with Crippen molar-refractivity contribution in [1.82, 2.24) is 15.5 Å². The summed E-state index contributed by atoms with van der Waals surface area (Å²) in [5, 5.41) is 13.8. The van der Waals surface area contributed by atoms with Gasteiger partial charge in [-0.1, -0.05) is 6.42 Å². The highest BCUT2D eigenvalue weighted by Gasteiger charge is 2.21. The second kappa shape index (κ2) is 6.05. The molecule has 1 amide bonds. The van der Waals surface area contributed by atoms with Crippen molar-refractivity contribution < 1.29 is 9.21 Å². The van der Waals surface area contributed by atoms with Crippen LogP contribution in [-0.4, -0.2) is 28.7 Å². The van der Waals surface area contributed by atoms with Crippen LogP contribution in [0.1, 0.15) is 24.8 Å². The first-order valence-electron chi connectivity index (χ1n) is 7.15. The van der Waals surface area contributed by atoms with Gasteiger partial charge in [0.1, 0.15) is 0 Å². The Labute approximate surface area is 123 Å². The summed E-state index contributed by atoms with van der Waals surface area (Å²) in [4.78, 5) is 12.2. The normalized spacial score (nSPS) is 18.4. The first kappa shape index (κ1) is 13.8. The van der Waals surface area contributed by atoms with Crippen molar-refractivity contribution in [1.29, 1.82) is 0 Å². The van der Waals surface area contributed by atoms with Crippen molar-refractivity contribution in [2.75, 3.05) is 11.9 Å². The lowest BCUT2D eigenvalue weighted by Crippen LogP contribution is -2.43. The predicted molar refractivity (Wildman–Crippen MR) is 78.7 cm³/mol. The number of nitrogens with zero attached hydrogens (tertiary/aromatic N) is 2. The predicted octanol–water partition coefficient (Wildman–Crippen LogP) is 2.13. The smallest absolute Gasteiger partial charge is 0.247 e. The third-order valence-electron chi connectivity index (χ3n) is 3.72. The van der Waals surface area contributed by atoms with Crippen molar-refractivity contribution >= 4 is 11.6 Å². The van der Waals surface area contributed by atoms with Gasteiger partial charge in [0.2, 0.25) is 18.2 Å². The Balaban J connectivity index is 1.72. The molecule has 1 aromatic carbocycles. The number of aromatic nitrogens is 2. The Bertz CT molecular complexity index is 619. The van der Waals surface area contributed by atoms with Gasteiger partial charge in [0, 0.05) is 11.3 Å². The molecule has 2 heterocycles. The van der Waals surface area contributed by atoms with Gasteiger partial charge in [0.25, 0.3) is 0 Å². The minimum atomic E-state index is -0.0891. The molecule has 0 spiro atoms. The number of rotatable bonds is 3. The summed E-state index contributed by atoms with van der Waals surface area (Å²) in [5.74, 6) is 0.508. The van der Waals surface area contributed by atoms with Gasteiger partial charge in [-0.05, 0) is 50.1 Å². The van der Waals surface area contributed by atoms with Crippen LogP contribution in [0.4, 0.5) is 5.69 Å². The number of hydrogen-bond donors (Lipinski definition) is 2. The summed E-state index contributed by atoms with van der Waals surface area (Å²) < 4.78 is 5.17. The molecule has 0 radical (unpaired) electrons. The number of carbonyl (C=O) groups excluding carboxylic acids is 1. The largest absolute Gasteiger partial charge is 0.423 e. The van der Waals surface area contributed by atoms with E-state index >= 15 is 0 Å². The second-order valence-corrected chi connectivity index (χ2v) is 5.27. The maximum Gasteiger partial charge on any atom is 0.247 e. The van der Waals surface area contributed by atoms with Crippen molar-refractivity contribution in [3.05, 3.63) is 30.2 Å². The van der Waals surface area contributed by atoms with Crippen LogP contribution in [-0.2, 0) is 4.79 Å². The van der Waals surface area contributed by atoms with E-state index in [9.17, 15) is 4.79 Å². The summed E-state index contributed by atoms with van der Waals surface area (Å²) in [6.07, 6.45) is 4.43. The van der Waals surface area contributed by atoms with Gasteiger partial charge in [-0.2, -0.15) is 0 Å². The van der Waals surface area contributed by atoms with E-state index in [0.717, 1.165) is 42.6 Å². The van der Waals surface area contributed by atoms with Crippen LogP contribution in [0.2, 0.25) is 0 Å². The Hall–Kier alpha value is -2.21. The Morgan fingerprint density at radius 1 is 1.43 bits per heavy atom. The Kier molecular flexibility index (Phi) is 3.96. The zero-order valence-corrected chi connectivity index (χ0v) is 11.9. The molecule has 21 heavy (non-hydrogen) atoms. The van der Waals surface area contributed by atoms with Crippen molar-refractivity contribution in [3.63, 3.8) is 0 Å². The summed E-state index contributed by atoms with van der Waals surface area (Å²) in [7, 11) is 0. The van der Waals surface area contributed by atoms with Crippen LogP contribution in [0, 0.1) is 6.92 Å². The zero-order valence-electron chi connectivity index (χ0n) is 11.9. The standard InChI is InChI=1S/C15H18N4O2/c1-10-8-11(15-19-17-9-21-15)5-6-12(10)18-14(20)13-4-2-3-7-16-13/h5-6,8-9,13,16H,2-4,7H2,1H3,(H,18,20)/t13-/m0/s1. The van der Waals surface area contributed by atoms with Crippen LogP contribution in [0.3, 0.4) is 0 Å². The molecular weight excluding hydrogens is 268 g/mol. The minimum absolute atomic E-state index is 0.0309. The molecule has 3 rings (SSSR count). The van der Waals surface area contributed by atoms with Crippen molar-refractivity contribution in [2.45, 2.75) is 32.2 Å². The monoisotopic (exact) mass is 286 g/mol. The van der Waals surface area contributed by atoms with E-state index in [0.29, 0.717) is 5.89 Å². The highest BCUT2D eigenvalue weighted by molar-refractivity contribution is 5.95. The minimum Gasteiger partial charge on any atom is -0.423 e. The van der Waals surface area contributed by atoms with Gasteiger partial charge in [0.05, 0.1) is 6.04 Å². The molecule has 0 unspecified atom stereocenters. The molecule has 6 nitrogen and oxygen atoms in total. The molecule has 1 aliphatic heterocycles. The van der Waals surface area contributed by atoms with Gasteiger partial charge in [0.15, 0.2) is 0 Å². The summed E-state index contributed by atoms with van der Waals surface area (Å²) in [5.41, 5.74) is 2.63. The van der Waals surface area contributed by atoms with Crippen LogP contribution in [0.5, 0.6) is 0 Å². The first-order valence-corrected chi connectivity index (χ1v) is 7.15. The van der Waals surface area contributed by atoms with E-state index < -0.39 is 0 Å². The number of benzene rings is 1. The highest BCUT2D eigenvalue weighted by Crippen LogP contribution is 2.23. The van der Waals surface area contributed by atoms with Crippen molar-refractivity contribution in [2.24, 2.45) is 0 Å². The van der Waals surface area contributed by atoms with E-state index in [4.69, 9.17) is 4.42 Å². The number of amides is 1. The van der Waals surface area contributed by atoms with E-state index in [1.54, 1.807) is 0 Å². The lowest BCUT2D eigenvalue weighted by atomic mass is 10.0. The number of hydrogen-bond acceptors (Lipinski definition) is 5. The molecular formula is C15H18N4O2.